The number of carbonyl (C=O) groups is 1. The Morgan fingerprint density at radius 3 is 2.62 bits per heavy atom. The summed E-state index contributed by atoms with van der Waals surface area (Å²) in [5.74, 6) is -0.662. The van der Waals surface area contributed by atoms with Gasteiger partial charge >= 0.3 is 0 Å². The lowest BCUT2D eigenvalue weighted by Crippen LogP contribution is -2.25. The van der Waals surface area contributed by atoms with Gasteiger partial charge in [-0.3, -0.25) is 4.79 Å². The number of halogens is 1. The summed E-state index contributed by atoms with van der Waals surface area (Å²) in [6.45, 7) is 1.83. The van der Waals surface area contributed by atoms with Crippen LogP contribution in [0.25, 0.3) is 0 Å². The van der Waals surface area contributed by atoms with Crippen LogP contribution in [0.4, 0.5) is 0 Å². The van der Waals surface area contributed by atoms with Crippen LogP contribution < -0.4 is 5.73 Å². The third-order valence-electron chi connectivity index (χ3n) is 2.31. The molecule has 2 unspecified atom stereocenters. The van der Waals surface area contributed by atoms with Crippen LogP contribution in [-0.4, -0.2) is 22.2 Å². The Hall–Kier alpha value is -1.10. The summed E-state index contributed by atoms with van der Waals surface area (Å²) >= 11 is 5.88. The van der Waals surface area contributed by atoms with Gasteiger partial charge in [0.1, 0.15) is 6.10 Å². The third-order valence-corrected chi connectivity index (χ3v) is 2.72. The average molecular weight is 244 g/mol. The lowest BCUT2D eigenvalue weighted by Gasteiger charge is -2.17. The topological polar surface area (TPSA) is 83.6 Å². The molecule has 0 heterocycles. The van der Waals surface area contributed by atoms with E-state index < -0.39 is 18.1 Å². The normalized spacial score (nSPS) is 14.5. The number of aryl methyl sites for hydroxylation is 1. The number of carbonyl (C=O) groups excluding carboxylic acids is 1. The van der Waals surface area contributed by atoms with Crippen molar-refractivity contribution in [2.24, 2.45) is 5.73 Å². The van der Waals surface area contributed by atoms with Gasteiger partial charge in [-0.15, -0.1) is 0 Å². The molecule has 88 valence electrons. The fourth-order valence-electron chi connectivity index (χ4n) is 1.33. The monoisotopic (exact) mass is 243 g/mol. The molecule has 0 fully saturated rings. The number of amides is 1. The third kappa shape index (κ3) is 3.20. The number of aliphatic hydroxyl groups is 2. The first-order valence-electron chi connectivity index (χ1n) is 4.82. The van der Waals surface area contributed by atoms with Crippen LogP contribution in [0.1, 0.15) is 23.7 Å². The molecule has 16 heavy (non-hydrogen) atoms. The number of rotatable bonds is 4. The molecule has 1 amide bonds. The molecule has 0 aliphatic heterocycles. The van der Waals surface area contributed by atoms with E-state index in [0.717, 1.165) is 5.56 Å². The van der Waals surface area contributed by atoms with Crippen molar-refractivity contribution in [1.82, 2.24) is 0 Å². The quantitative estimate of drug-likeness (QED) is 0.735. The zero-order chi connectivity index (χ0) is 12.3. The highest BCUT2D eigenvalue weighted by molar-refractivity contribution is 6.31. The molecule has 0 spiro atoms. The molecule has 0 bridgehead atoms. The van der Waals surface area contributed by atoms with Gasteiger partial charge in [0, 0.05) is 5.02 Å². The predicted octanol–water partition coefficient (Wildman–Crippen LogP) is 0.918. The zero-order valence-corrected chi connectivity index (χ0v) is 9.61. The lowest BCUT2D eigenvalue weighted by molar-refractivity contribution is -0.121. The fraction of sp³-hybridized carbons (Fsp3) is 0.364. The highest BCUT2D eigenvalue weighted by Gasteiger charge is 2.20. The van der Waals surface area contributed by atoms with Crippen LogP contribution in [-0.2, 0) is 4.79 Å². The van der Waals surface area contributed by atoms with Gasteiger partial charge in [-0.25, -0.2) is 0 Å². The molecular formula is C11H14ClNO3. The molecule has 1 aromatic rings. The van der Waals surface area contributed by atoms with Crippen molar-refractivity contribution in [3.05, 3.63) is 34.3 Å². The maximum Gasteiger partial charge on any atom is 0.220 e. The Morgan fingerprint density at radius 1 is 1.50 bits per heavy atom. The molecule has 0 saturated heterocycles. The van der Waals surface area contributed by atoms with Gasteiger partial charge in [-0.05, 0) is 24.1 Å². The van der Waals surface area contributed by atoms with Crippen LogP contribution in [0.3, 0.4) is 0 Å². The fourth-order valence-corrected chi connectivity index (χ4v) is 1.52. The molecule has 5 heteroatoms. The maximum absolute atomic E-state index is 10.6. The van der Waals surface area contributed by atoms with Crippen molar-refractivity contribution in [3.8, 4) is 0 Å². The molecule has 0 radical (unpaired) electrons. The van der Waals surface area contributed by atoms with E-state index in [0.29, 0.717) is 10.6 Å². The second-order valence-corrected chi connectivity index (χ2v) is 4.10. The number of aliphatic hydroxyl groups excluding tert-OH is 2. The summed E-state index contributed by atoms with van der Waals surface area (Å²) in [6, 6.07) is 4.94. The van der Waals surface area contributed by atoms with Crippen molar-refractivity contribution in [1.29, 1.82) is 0 Å². The number of hydrogen-bond donors (Lipinski definition) is 3. The predicted molar refractivity (Wildman–Crippen MR) is 61.0 cm³/mol. The van der Waals surface area contributed by atoms with E-state index in [1.54, 1.807) is 18.2 Å². The second kappa shape index (κ2) is 5.30. The molecular weight excluding hydrogens is 230 g/mol. The van der Waals surface area contributed by atoms with Crippen molar-refractivity contribution in [2.45, 2.75) is 25.6 Å². The van der Waals surface area contributed by atoms with Crippen molar-refractivity contribution < 1.29 is 15.0 Å². The van der Waals surface area contributed by atoms with E-state index in [9.17, 15) is 15.0 Å². The van der Waals surface area contributed by atoms with Gasteiger partial charge in [0.2, 0.25) is 5.91 Å². The molecule has 0 aromatic heterocycles. The largest absolute Gasteiger partial charge is 0.390 e. The highest BCUT2D eigenvalue weighted by Crippen LogP contribution is 2.24. The molecule has 1 rings (SSSR count). The maximum atomic E-state index is 10.6. The van der Waals surface area contributed by atoms with E-state index >= 15 is 0 Å². The number of benzene rings is 1. The number of nitrogens with two attached hydrogens (primary N) is 1. The first-order valence-corrected chi connectivity index (χ1v) is 5.20. The first-order chi connectivity index (χ1) is 7.41. The van der Waals surface area contributed by atoms with Gasteiger partial charge in [0.25, 0.3) is 0 Å². The van der Waals surface area contributed by atoms with E-state index in [-0.39, 0.29) is 6.42 Å². The van der Waals surface area contributed by atoms with Gasteiger partial charge in [-0.1, -0.05) is 23.7 Å². The standard InChI is InChI=1S/C11H14ClNO3/c1-6-2-3-7(4-8(6)12)11(16)9(14)5-10(13)15/h2-4,9,11,14,16H,5H2,1H3,(H2,13,15). The van der Waals surface area contributed by atoms with Gasteiger partial charge < -0.3 is 15.9 Å². The van der Waals surface area contributed by atoms with Crippen LogP contribution in [0.5, 0.6) is 0 Å². The van der Waals surface area contributed by atoms with E-state index in [1.807, 2.05) is 6.92 Å². The molecule has 0 aliphatic rings. The van der Waals surface area contributed by atoms with Crippen LogP contribution in [0, 0.1) is 6.92 Å². The van der Waals surface area contributed by atoms with Crippen LogP contribution >= 0.6 is 11.6 Å². The van der Waals surface area contributed by atoms with Crippen LogP contribution in [0.2, 0.25) is 5.02 Å². The summed E-state index contributed by atoms with van der Waals surface area (Å²) in [7, 11) is 0. The Labute approximate surface area is 98.6 Å². The molecule has 4 N–H and O–H groups in total. The van der Waals surface area contributed by atoms with Crippen molar-refractivity contribution >= 4 is 17.5 Å². The molecule has 4 nitrogen and oxygen atoms in total. The lowest BCUT2D eigenvalue weighted by atomic mass is 10.0. The number of hydrogen-bond acceptors (Lipinski definition) is 3. The number of primary amides is 1. The summed E-state index contributed by atoms with van der Waals surface area (Å²) < 4.78 is 0. The summed E-state index contributed by atoms with van der Waals surface area (Å²) in [6.07, 6.45) is -2.66. The average Bonchev–Trinajstić information content (AvgIpc) is 2.20. The van der Waals surface area contributed by atoms with Crippen molar-refractivity contribution in [3.63, 3.8) is 0 Å². The summed E-state index contributed by atoms with van der Waals surface area (Å²) in [5.41, 5.74) is 6.27. The zero-order valence-electron chi connectivity index (χ0n) is 8.85. The van der Waals surface area contributed by atoms with E-state index in [2.05, 4.69) is 0 Å². The minimum absolute atomic E-state index is 0.285. The Morgan fingerprint density at radius 2 is 2.12 bits per heavy atom. The van der Waals surface area contributed by atoms with Gasteiger partial charge in [-0.2, -0.15) is 0 Å². The smallest absolute Gasteiger partial charge is 0.220 e. The van der Waals surface area contributed by atoms with Gasteiger partial charge in [0.15, 0.2) is 0 Å². The first kappa shape index (κ1) is 13.0. The summed E-state index contributed by atoms with van der Waals surface area (Å²) in [4.78, 5) is 10.6. The van der Waals surface area contributed by atoms with Crippen molar-refractivity contribution in [2.75, 3.05) is 0 Å². The highest BCUT2D eigenvalue weighted by atomic mass is 35.5. The van der Waals surface area contributed by atoms with Crippen LogP contribution in [0.15, 0.2) is 18.2 Å². The van der Waals surface area contributed by atoms with E-state index in [4.69, 9.17) is 17.3 Å². The molecule has 1 aromatic carbocycles. The minimum Gasteiger partial charge on any atom is -0.390 e. The Balaban J connectivity index is 2.83. The Kier molecular flexibility index (Phi) is 4.29. The minimum atomic E-state index is -1.21. The SMILES string of the molecule is Cc1ccc(C(O)C(O)CC(N)=O)cc1Cl. The molecule has 2 atom stereocenters. The molecule has 0 aliphatic carbocycles. The summed E-state index contributed by atoms with van der Waals surface area (Å²) in [5, 5.41) is 19.7. The molecule has 0 saturated carbocycles. The Bertz CT molecular complexity index is 395. The van der Waals surface area contributed by atoms with E-state index in [1.165, 1.54) is 0 Å². The van der Waals surface area contributed by atoms with Gasteiger partial charge in [0.05, 0.1) is 12.5 Å². The second-order valence-electron chi connectivity index (χ2n) is 3.69.